The minimum atomic E-state index is 0.719. The van der Waals surface area contributed by atoms with E-state index in [-0.39, 0.29) is 0 Å². The molecule has 0 atom stereocenters. The number of hydrogen-bond donors (Lipinski definition) is 0. The van der Waals surface area contributed by atoms with Crippen LogP contribution in [0, 0.1) is 0 Å². The molecule has 2 nitrogen and oxygen atoms in total. The average Bonchev–Trinajstić information content (AvgIpc) is 2.57. The van der Waals surface area contributed by atoms with Crippen molar-refractivity contribution < 1.29 is 0 Å². The molecule has 0 radical (unpaired) electrons. The number of benzene rings is 1. The molecule has 0 N–H and O–H groups in total. The summed E-state index contributed by atoms with van der Waals surface area (Å²) < 4.78 is 1.98. The van der Waals surface area contributed by atoms with Gasteiger partial charge in [0.1, 0.15) is 5.52 Å². The molecule has 2 rings (SSSR count). The van der Waals surface area contributed by atoms with E-state index >= 15 is 0 Å². The SMILES string of the molecule is CCn1nc2c(Cl)cccc2c1CBr. The number of hydrogen-bond acceptors (Lipinski definition) is 1. The molecule has 0 bridgehead atoms. The summed E-state index contributed by atoms with van der Waals surface area (Å²) in [5.74, 6) is 0. The third-order valence-electron chi connectivity index (χ3n) is 2.26. The van der Waals surface area contributed by atoms with Crippen molar-refractivity contribution in [3.05, 3.63) is 28.9 Å². The summed E-state index contributed by atoms with van der Waals surface area (Å²) >= 11 is 9.54. The van der Waals surface area contributed by atoms with Gasteiger partial charge in [0.15, 0.2) is 0 Å². The van der Waals surface area contributed by atoms with Crippen LogP contribution >= 0.6 is 27.5 Å². The molecule has 2 aromatic rings. The molecule has 0 amide bonds. The lowest BCUT2D eigenvalue weighted by Crippen LogP contribution is -2.00. The van der Waals surface area contributed by atoms with E-state index in [2.05, 4.69) is 34.0 Å². The van der Waals surface area contributed by atoms with Crippen LogP contribution in [0.15, 0.2) is 18.2 Å². The third-order valence-corrected chi connectivity index (χ3v) is 3.09. The van der Waals surface area contributed by atoms with Gasteiger partial charge in [-0.15, -0.1) is 0 Å². The molecule has 0 aliphatic carbocycles. The van der Waals surface area contributed by atoms with Gasteiger partial charge in [-0.25, -0.2) is 0 Å². The highest BCUT2D eigenvalue weighted by atomic mass is 79.9. The summed E-state index contributed by atoms with van der Waals surface area (Å²) in [6.45, 7) is 2.94. The Hall–Kier alpha value is -0.540. The molecule has 0 aliphatic heterocycles. The predicted octanol–water partition coefficient (Wildman–Crippen LogP) is 3.60. The van der Waals surface area contributed by atoms with Crippen LogP contribution < -0.4 is 0 Å². The van der Waals surface area contributed by atoms with Crippen LogP contribution in [0.3, 0.4) is 0 Å². The van der Waals surface area contributed by atoms with Crippen LogP contribution in [0.1, 0.15) is 12.6 Å². The third kappa shape index (κ3) is 1.44. The second-order valence-electron chi connectivity index (χ2n) is 3.03. The van der Waals surface area contributed by atoms with Gasteiger partial charge in [0.2, 0.25) is 0 Å². The maximum Gasteiger partial charge on any atom is 0.111 e. The fourth-order valence-electron chi connectivity index (χ4n) is 1.57. The van der Waals surface area contributed by atoms with Crippen molar-refractivity contribution in [3.63, 3.8) is 0 Å². The zero-order valence-corrected chi connectivity index (χ0v) is 10.1. The first-order valence-electron chi connectivity index (χ1n) is 4.47. The lowest BCUT2D eigenvalue weighted by atomic mass is 10.2. The number of rotatable bonds is 2. The second kappa shape index (κ2) is 3.91. The molecule has 0 saturated heterocycles. The Labute approximate surface area is 96.0 Å². The Morgan fingerprint density at radius 3 is 2.93 bits per heavy atom. The largest absolute Gasteiger partial charge is 0.268 e. The van der Waals surface area contributed by atoms with Gasteiger partial charge in [-0.2, -0.15) is 5.10 Å². The van der Waals surface area contributed by atoms with Crippen molar-refractivity contribution in [2.45, 2.75) is 18.8 Å². The van der Waals surface area contributed by atoms with Crippen molar-refractivity contribution >= 4 is 38.4 Å². The molecule has 1 aromatic heterocycles. The van der Waals surface area contributed by atoms with E-state index in [4.69, 9.17) is 11.6 Å². The van der Waals surface area contributed by atoms with Crippen LogP contribution in [-0.4, -0.2) is 9.78 Å². The van der Waals surface area contributed by atoms with Gasteiger partial charge in [0, 0.05) is 17.3 Å². The Balaban J connectivity index is 2.79. The Bertz CT molecular complexity index is 464. The summed E-state index contributed by atoms with van der Waals surface area (Å²) in [7, 11) is 0. The number of alkyl halides is 1. The van der Waals surface area contributed by atoms with Crippen LogP contribution in [-0.2, 0) is 11.9 Å². The molecule has 0 aliphatic rings. The Morgan fingerprint density at radius 1 is 1.50 bits per heavy atom. The van der Waals surface area contributed by atoms with Gasteiger partial charge in [-0.1, -0.05) is 39.7 Å². The van der Waals surface area contributed by atoms with Gasteiger partial charge in [0.25, 0.3) is 0 Å². The lowest BCUT2D eigenvalue weighted by molar-refractivity contribution is 0.645. The van der Waals surface area contributed by atoms with Crippen molar-refractivity contribution in [2.75, 3.05) is 0 Å². The maximum absolute atomic E-state index is 6.07. The van der Waals surface area contributed by atoms with E-state index in [1.54, 1.807) is 0 Å². The molecule has 0 saturated carbocycles. The maximum atomic E-state index is 6.07. The highest BCUT2D eigenvalue weighted by molar-refractivity contribution is 9.08. The predicted molar refractivity (Wildman–Crippen MR) is 63.0 cm³/mol. The van der Waals surface area contributed by atoms with Crippen LogP contribution in [0.2, 0.25) is 5.02 Å². The Kier molecular flexibility index (Phi) is 2.79. The van der Waals surface area contributed by atoms with Gasteiger partial charge >= 0.3 is 0 Å². The minimum absolute atomic E-state index is 0.719. The van der Waals surface area contributed by atoms with E-state index in [1.807, 2.05) is 16.8 Å². The van der Waals surface area contributed by atoms with E-state index in [9.17, 15) is 0 Å². The molecule has 0 fully saturated rings. The standard InChI is InChI=1S/C10H10BrClN2/c1-2-14-9(6-11)7-4-3-5-8(12)10(7)13-14/h3-5H,2,6H2,1H3. The molecule has 1 heterocycles. The molecule has 1 aromatic carbocycles. The normalized spacial score (nSPS) is 11.1. The molecule has 4 heteroatoms. The molecule has 0 spiro atoms. The van der Waals surface area contributed by atoms with Crippen LogP contribution in [0.5, 0.6) is 0 Å². The number of halogens is 2. The highest BCUT2D eigenvalue weighted by Crippen LogP contribution is 2.26. The van der Waals surface area contributed by atoms with Crippen molar-refractivity contribution in [2.24, 2.45) is 0 Å². The second-order valence-corrected chi connectivity index (χ2v) is 4.00. The highest BCUT2D eigenvalue weighted by Gasteiger charge is 2.10. The number of nitrogens with zero attached hydrogens (tertiary/aromatic N) is 2. The summed E-state index contributed by atoms with van der Waals surface area (Å²) in [6.07, 6.45) is 0. The average molecular weight is 274 g/mol. The van der Waals surface area contributed by atoms with E-state index in [1.165, 1.54) is 5.69 Å². The van der Waals surface area contributed by atoms with Gasteiger partial charge in [-0.3, -0.25) is 4.68 Å². The van der Waals surface area contributed by atoms with Gasteiger partial charge in [0.05, 0.1) is 10.7 Å². The van der Waals surface area contributed by atoms with Gasteiger partial charge < -0.3 is 0 Å². The van der Waals surface area contributed by atoms with Crippen LogP contribution in [0.25, 0.3) is 10.9 Å². The first-order chi connectivity index (χ1) is 6.77. The smallest absolute Gasteiger partial charge is 0.111 e. The van der Waals surface area contributed by atoms with E-state index in [0.29, 0.717) is 0 Å². The van der Waals surface area contributed by atoms with E-state index in [0.717, 1.165) is 27.8 Å². The van der Waals surface area contributed by atoms with Crippen molar-refractivity contribution in [1.82, 2.24) is 9.78 Å². The fourth-order valence-corrected chi connectivity index (χ4v) is 2.38. The first-order valence-corrected chi connectivity index (χ1v) is 5.97. The van der Waals surface area contributed by atoms with Gasteiger partial charge in [-0.05, 0) is 13.0 Å². The number of aromatic nitrogens is 2. The zero-order chi connectivity index (χ0) is 10.1. The van der Waals surface area contributed by atoms with Crippen molar-refractivity contribution in [3.8, 4) is 0 Å². The van der Waals surface area contributed by atoms with Crippen molar-refractivity contribution in [1.29, 1.82) is 0 Å². The van der Waals surface area contributed by atoms with E-state index < -0.39 is 0 Å². The monoisotopic (exact) mass is 272 g/mol. The zero-order valence-electron chi connectivity index (χ0n) is 7.80. The molecular weight excluding hydrogens is 263 g/mol. The number of aryl methyl sites for hydroxylation is 1. The molecule has 74 valence electrons. The number of fused-ring (bicyclic) bond motifs is 1. The summed E-state index contributed by atoms with van der Waals surface area (Å²) in [6, 6.07) is 5.88. The first kappa shape index (κ1) is 9.99. The lowest BCUT2D eigenvalue weighted by Gasteiger charge is -1.99. The summed E-state index contributed by atoms with van der Waals surface area (Å²) in [4.78, 5) is 0. The molecule has 0 unspecified atom stereocenters. The minimum Gasteiger partial charge on any atom is -0.268 e. The Morgan fingerprint density at radius 2 is 2.29 bits per heavy atom. The summed E-state index contributed by atoms with van der Waals surface area (Å²) in [5.41, 5.74) is 2.08. The fraction of sp³-hybridized carbons (Fsp3) is 0.300. The summed E-state index contributed by atoms with van der Waals surface area (Å²) in [5, 5.41) is 7.11. The quantitative estimate of drug-likeness (QED) is 0.765. The van der Waals surface area contributed by atoms with Crippen LogP contribution in [0.4, 0.5) is 0 Å². The molecular formula is C10H10BrClN2. The topological polar surface area (TPSA) is 17.8 Å². The molecule has 14 heavy (non-hydrogen) atoms.